The third-order valence-corrected chi connectivity index (χ3v) is 5.48. The maximum absolute atomic E-state index is 12.9. The molecule has 2 aliphatic heterocycles. The van der Waals surface area contributed by atoms with E-state index in [2.05, 4.69) is 10.6 Å². The lowest BCUT2D eigenvalue weighted by atomic mass is 10.0. The number of rotatable bonds is 4. The van der Waals surface area contributed by atoms with Gasteiger partial charge in [-0.1, -0.05) is 41.9 Å². The summed E-state index contributed by atoms with van der Waals surface area (Å²) in [6.07, 6.45) is 0.866. The molecular formula is C21H20ClN3O3. The maximum Gasteiger partial charge on any atom is 0.251 e. The zero-order valence-corrected chi connectivity index (χ0v) is 15.9. The summed E-state index contributed by atoms with van der Waals surface area (Å²) in [4.78, 5) is 39.4. The first-order valence-electron chi connectivity index (χ1n) is 9.22. The number of carbonyl (C=O) groups excluding carboxylic acids is 3. The molecule has 3 atom stereocenters. The molecule has 2 saturated heterocycles. The van der Waals surface area contributed by atoms with Crippen molar-refractivity contribution >= 4 is 29.3 Å². The van der Waals surface area contributed by atoms with Crippen LogP contribution in [-0.4, -0.2) is 47.3 Å². The van der Waals surface area contributed by atoms with Gasteiger partial charge in [0, 0.05) is 29.6 Å². The standard InChI is InChI=1S/C21H20ClN3O3/c22-15-8-6-14(7-9-15)19(26)23-16-11-18-20(27)24-17(21(28)25(18)12-16)10-13-4-2-1-3-5-13/h1-9,16-18H,10-12H2,(H,23,26)(H,24,27)/t16-,17-,18-/m0/s1. The van der Waals surface area contributed by atoms with Crippen molar-refractivity contribution in [2.45, 2.75) is 31.0 Å². The van der Waals surface area contributed by atoms with Gasteiger partial charge in [-0.2, -0.15) is 0 Å². The first kappa shape index (κ1) is 18.5. The molecule has 0 spiro atoms. The van der Waals surface area contributed by atoms with E-state index in [0.29, 0.717) is 30.0 Å². The largest absolute Gasteiger partial charge is 0.347 e. The van der Waals surface area contributed by atoms with Gasteiger partial charge in [0.05, 0.1) is 0 Å². The van der Waals surface area contributed by atoms with Crippen molar-refractivity contribution in [3.8, 4) is 0 Å². The molecule has 28 heavy (non-hydrogen) atoms. The second kappa shape index (κ2) is 7.64. The number of nitrogens with zero attached hydrogens (tertiary/aromatic N) is 1. The lowest BCUT2D eigenvalue weighted by Crippen LogP contribution is -2.61. The number of amides is 3. The normalized spacial score (nSPS) is 23.9. The van der Waals surface area contributed by atoms with Crippen LogP contribution in [0.25, 0.3) is 0 Å². The minimum absolute atomic E-state index is 0.100. The molecule has 0 aromatic heterocycles. The molecule has 3 amide bonds. The molecule has 2 aliphatic rings. The molecule has 2 aromatic carbocycles. The average Bonchev–Trinajstić information content (AvgIpc) is 3.12. The molecule has 0 radical (unpaired) electrons. The van der Waals surface area contributed by atoms with Crippen molar-refractivity contribution in [2.75, 3.05) is 6.54 Å². The van der Waals surface area contributed by atoms with Gasteiger partial charge in [-0.15, -0.1) is 0 Å². The fourth-order valence-corrected chi connectivity index (χ4v) is 3.95. The molecule has 2 heterocycles. The highest BCUT2D eigenvalue weighted by Gasteiger charge is 2.46. The summed E-state index contributed by atoms with van der Waals surface area (Å²) < 4.78 is 0. The minimum atomic E-state index is -0.572. The Kier molecular flexibility index (Phi) is 5.05. The van der Waals surface area contributed by atoms with Gasteiger partial charge in [0.15, 0.2) is 0 Å². The predicted molar refractivity (Wildman–Crippen MR) is 105 cm³/mol. The first-order valence-corrected chi connectivity index (χ1v) is 9.60. The molecular weight excluding hydrogens is 378 g/mol. The van der Waals surface area contributed by atoms with Gasteiger partial charge in [-0.25, -0.2) is 0 Å². The molecule has 7 heteroatoms. The zero-order valence-electron chi connectivity index (χ0n) is 15.1. The van der Waals surface area contributed by atoms with Gasteiger partial charge in [-0.3, -0.25) is 14.4 Å². The lowest BCUT2D eigenvalue weighted by molar-refractivity contribution is -0.147. The Morgan fingerprint density at radius 2 is 1.82 bits per heavy atom. The highest BCUT2D eigenvalue weighted by Crippen LogP contribution is 2.24. The molecule has 2 fully saturated rings. The van der Waals surface area contributed by atoms with Crippen molar-refractivity contribution in [1.29, 1.82) is 0 Å². The van der Waals surface area contributed by atoms with Crippen molar-refractivity contribution in [2.24, 2.45) is 0 Å². The van der Waals surface area contributed by atoms with Gasteiger partial charge in [0.25, 0.3) is 5.91 Å². The highest BCUT2D eigenvalue weighted by molar-refractivity contribution is 6.30. The number of carbonyl (C=O) groups is 3. The number of piperazine rings is 1. The van der Waals surface area contributed by atoms with E-state index in [1.807, 2.05) is 30.3 Å². The summed E-state index contributed by atoms with van der Waals surface area (Å²) in [6.45, 7) is 0.335. The monoisotopic (exact) mass is 397 g/mol. The zero-order chi connectivity index (χ0) is 19.7. The summed E-state index contributed by atoms with van der Waals surface area (Å²) in [5.74, 6) is -0.504. The van der Waals surface area contributed by atoms with Crippen LogP contribution in [0.4, 0.5) is 0 Å². The SMILES string of the molecule is O=C(N[C@H]1C[C@H]2C(=O)N[C@@H](Cc3ccccc3)C(=O)N2C1)c1ccc(Cl)cc1. The van der Waals surface area contributed by atoms with Crippen LogP contribution in [0.15, 0.2) is 54.6 Å². The fraction of sp³-hybridized carbons (Fsp3) is 0.286. The number of hydrogen-bond acceptors (Lipinski definition) is 3. The lowest BCUT2D eigenvalue weighted by Gasteiger charge is -2.34. The van der Waals surface area contributed by atoms with Crippen LogP contribution in [0.2, 0.25) is 5.02 Å². The average molecular weight is 398 g/mol. The quantitative estimate of drug-likeness (QED) is 0.825. The predicted octanol–water partition coefficient (Wildman–Crippen LogP) is 1.78. The maximum atomic E-state index is 12.9. The fourth-order valence-electron chi connectivity index (χ4n) is 3.82. The molecule has 0 saturated carbocycles. The van der Waals surface area contributed by atoms with Gasteiger partial charge in [0.1, 0.15) is 12.1 Å². The van der Waals surface area contributed by atoms with E-state index >= 15 is 0 Å². The van der Waals surface area contributed by atoms with Crippen LogP contribution in [0, 0.1) is 0 Å². The van der Waals surface area contributed by atoms with Crippen molar-refractivity contribution in [1.82, 2.24) is 15.5 Å². The Hall–Kier alpha value is -2.86. The van der Waals surface area contributed by atoms with E-state index in [1.165, 1.54) is 0 Å². The van der Waals surface area contributed by atoms with Gasteiger partial charge in [0.2, 0.25) is 11.8 Å². The van der Waals surface area contributed by atoms with E-state index in [9.17, 15) is 14.4 Å². The molecule has 0 aliphatic carbocycles. The van der Waals surface area contributed by atoms with Crippen LogP contribution in [0.1, 0.15) is 22.3 Å². The second-order valence-electron chi connectivity index (χ2n) is 7.17. The van der Waals surface area contributed by atoms with Crippen LogP contribution >= 0.6 is 11.6 Å². The minimum Gasteiger partial charge on any atom is -0.347 e. The Morgan fingerprint density at radius 3 is 2.54 bits per heavy atom. The van der Waals surface area contributed by atoms with Crippen molar-refractivity contribution < 1.29 is 14.4 Å². The van der Waals surface area contributed by atoms with E-state index in [1.54, 1.807) is 29.2 Å². The number of fused-ring (bicyclic) bond motifs is 1. The van der Waals surface area contributed by atoms with Crippen molar-refractivity contribution in [3.05, 3.63) is 70.7 Å². The highest BCUT2D eigenvalue weighted by atomic mass is 35.5. The molecule has 6 nitrogen and oxygen atoms in total. The molecule has 144 valence electrons. The van der Waals surface area contributed by atoms with E-state index < -0.39 is 12.1 Å². The third-order valence-electron chi connectivity index (χ3n) is 5.23. The van der Waals surface area contributed by atoms with E-state index in [4.69, 9.17) is 11.6 Å². The van der Waals surface area contributed by atoms with Gasteiger partial charge in [-0.05, 0) is 36.2 Å². The molecule has 2 N–H and O–H groups in total. The summed E-state index contributed by atoms with van der Waals surface area (Å²) in [6, 6.07) is 14.8. The van der Waals surface area contributed by atoms with Crippen LogP contribution in [0.5, 0.6) is 0 Å². The summed E-state index contributed by atoms with van der Waals surface area (Å²) in [5, 5.41) is 6.32. The molecule has 0 bridgehead atoms. The van der Waals surface area contributed by atoms with Crippen LogP contribution in [0.3, 0.4) is 0 Å². The summed E-state index contributed by atoms with van der Waals surface area (Å²) >= 11 is 5.85. The van der Waals surface area contributed by atoms with Crippen molar-refractivity contribution in [3.63, 3.8) is 0 Å². The first-order chi connectivity index (χ1) is 13.5. The Balaban J connectivity index is 1.42. The van der Waals surface area contributed by atoms with E-state index in [0.717, 1.165) is 5.56 Å². The molecule has 0 unspecified atom stereocenters. The number of nitrogens with one attached hydrogen (secondary N) is 2. The van der Waals surface area contributed by atoms with Gasteiger partial charge >= 0.3 is 0 Å². The second-order valence-corrected chi connectivity index (χ2v) is 7.61. The summed E-state index contributed by atoms with van der Waals surface area (Å²) in [7, 11) is 0. The van der Waals surface area contributed by atoms with Gasteiger partial charge < -0.3 is 15.5 Å². The molecule has 4 rings (SSSR count). The third kappa shape index (κ3) is 3.73. The van der Waals surface area contributed by atoms with Crippen LogP contribution < -0.4 is 10.6 Å². The Labute approximate surface area is 167 Å². The smallest absolute Gasteiger partial charge is 0.251 e. The number of halogens is 1. The number of benzene rings is 2. The topological polar surface area (TPSA) is 78.5 Å². The van der Waals surface area contributed by atoms with Crippen LogP contribution in [-0.2, 0) is 16.0 Å². The molecule has 2 aromatic rings. The summed E-state index contributed by atoms with van der Waals surface area (Å²) in [5.41, 5.74) is 1.48. The Morgan fingerprint density at radius 1 is 1.11 bits per heavy atom. The Bertz CT molecular complexity index is 901. The van der Waals surface area contributed by atoms with E-state index in [-0.39, 0.29) is 23.8 Å². The number of hydrogen-bond donors (Lipinski definition) is 2.